The van der Waals surface area contributed by atoms with Gasteiger partial charge in [-0.3, -0.25) is 9.78 Å². The molecule has 4 nitrogen and oxygen atoms in total. The van der Waals surface area contributed by atoms with E-state index in [0.29, 0.717) is 18.7 Å². The van der Waals surface area contributed by atoms with Crippen LogP contribution in [0.4, 0.5) is 0 Å². The number of ether oxygens (including phenoxy) is 1. The van der Waals surface area contributed by atoms with Gasteiger partial charge in [0.25, 0.3) is 5.91 Å². The summed E-state index contributed by atoms with van der Waals surface area (Å²) in [5.74, 6) is -0.0247. The fourth-order valence-corrected chi connectivity index (χ4v) is 1.77. The molecular formula is C12H17IN2O2. The number of amides is 1. The Kier molecular flexibility index (Phi) is 5.84. The molecule has 1 rings (SSSR count). The van der Waals surface area contributed by atoms with Crippen molar-refractivity contribution in [1.29, 1.82) is 0 Å². The highest BCUT2D eigenvalue weighted by Gasteiger charge is 2.12. The molecule has 1 aromatic rings. The first-order valence-corrected chi connectivity index (χ1v) is 6.56. The molecule has 1 amide bonds. The lowest BCUT2D eigenvalue weighted by atomic mass is 10.2. The van der Waals surface area contributed by atoms with Crippen LogP contribution in [0.3, 0.4) is 0 Å². The number of likely N-dealkylation sites (N-methyl/N-ethyl adjacent to an activating group) is 1. The van der Waals surface area contributed by atoms with Crippen molar-refractivity contribution in [2.75, 3.05) is 20.2 Å². The first kappa shape index (κ1) is 14.4. The van der Waals surface area contributed by atoms with E-state index < -0.39 is 0 Å². The number of aromatic nitrogens is 1. The summed E-state index contributed by atoms with van der Waals surface area (Å²) >= 11 is 2.14. The van der Waals surface area contributed by atoms with Gasteiger partial charge in [-0.1, -0.05) is 0 Å². The van der Waals surface area contributed by atoms with E-state index in [1.807, 2.05) is 19.9 Å². The number of hydrogen-bond donors (Lipinski definition) is 0. The molecule has 0 aliphatic heterocycles. The largest absolute Gasteiger partial charge is 0.377 e. The smallest absolute Gasteiger partial charge is 0.255 e. The zero-order valence-electron chi connectivity index (χ0n) is 10.3. The lowest BCUT2D eigenvalue weighted by Crippen LogP contribution is -2.30. The molecule has 0 bridgehead atoms. The van der Waals surface area contributed by atoms with E-state index in [-0.39, 0.29) is 12.0 Å². The van der Waals surface area contributed by atoms with Crippen LogP contribution in [0.15, 0.2) is 18.5 Å². The minimum absolute atomic E-state index is 0.0247. The Balaban J connectivity index is 2.52. The van der Waals surface area contributed by atoms with Gasteiger partial charge in [0.2, 0.25) is 0 Å². The van der Waals surface area contributed by atoms with Crippen molar-refractivity contribution in [3.05, 3.63) is 27.6 Å². The van der Waals surface area contributed by atoms with E-state index in [1.54, 1.807) is 24.3 Å². The second-order valence-electron chi connectivity index (χ2n) is 4.04. The predicted octanol–water partition coefficient (Wildman–Crippen LogP) is 2.18. The van der Waals surface area contributed by atoms with Gasteiger partial charge in [-0.15, -0.1) is 0 Å². The summed E-state index contributed by atoms with van der Waals surface area (Å²) in [7, 11) is 1.77. The lowest BCUT2D eigenvalue weighted by molar-refractivity contribution is 0.0532. The zero-order valence-corrected chi connectivity index (χ0v) is 12.5. The van der Waals surface area contributed by atoms with Crippen LogP contribution in [0.25, 0.3) is 0 Å². The fraction of sp³-hybridized carbons (Fsp3) is 0.500. The third-order valence-electron chi connectivity index (χ3n) is 2.18. The van der Waals surface area contributed by atoms with Gasteiger partial charge in [-0.2, -0.15) is 0 Å². The third-order valence-corrected chi connectivity index (χ3v) is 2.77. The van der Waals surface area contributed by atoms with Gasteiger partial charge in [-0.05, 0) is 42.5 Å². The molecule has 0 aromatic carbocycles. The number of carbonyl (C=O) groups excluding carboxylic acids is 1. The summed E-state index contributed by atoms with van der Waals surface area (Å²) in [6.45, 7) is 5.09. The van der Waals surface area contributed by atoms with Crippen molar-refractivity contribution in [2.24, 2.45) is 0 Å². The lowest BCUT2D eigenvalue weighted by Gasteiger charge is -2.18. The van der Waals surface area contributed by atoms with Gasteiger partial charge in [0.05, 0.1) is 18.3 Å². The number of pyridine rings is 1. The molecule has 1 heterocycles. The standard InChI is InChI=1S/C12H17IN2O2/c1-9(2)17-5-4-15(3)12(16)10-6-11(13)8-14-7-10/h6-9H,4-5H2,1-3H3. The van der Waals surface area contributed by atoms with E-state index >= 15 is 0 Å². The summed E-state index contributed by atoms with van der Waals surface area (Å²) in [6.07, 6.45) is 3.50. The van der Waals surface area contributed by atoms with Crippen LogP contribution in [-0.4, -0.2) is 42.1 Å². The van der Waals surface area contributed by atoms with E-state index in [9.17, 15) is 4.79 Å². The molecule has 0 spiro atoms. The van der Waals surface area contributed by atoms with Gasteiger partial charge in [0.15, 0.2) is 0 Å². The molecule has 0 saturated carbocycles. The maximum atomic E-state index is 12.0. The summed E-state index contributed by atoms with van der Waals surface area (Å²) < 4.78 is 6.37. The Morgan fingerprint density at radius 3 is 2.82 bits per heavy atom. The predicted molar refractivity (Wildman–Crippen MR) is 75.0 cm³/mol. The number of carbonyl (C=O) groups is 1. The van der Waals surface area contributed by atoms with Crippen molar-refractivity contribution >= 4 is 28.5 Å². The van der Waals surface area contributed by atoms with Crippen LogP contribution < -0.4 is 0 Å². The molecule has 1 aromatic heterocycles. The van der Waals surface area contributed by atoms with E-state index in [2.05, 4.69) is 27.6 Å². The van der Waals surface area contributed by atoms with Crippen molar-refractivity contribution < 1.29 is 9.53 Å². The van der Waals surface area contributed by atoms with Crippen LogP contribution in [0.5, 0.6) is 0 Å². The number of halogens is 1. The molecule has 0 unspecified atom stereocenters. The topological polar surface area (TPSA) is 42.4 Å². The first-order valence-electron chi connectivity index (χ1n) is 5.48. The second-order valence-corrected chi connectivity index (χ2v) is 5.28. The second kappa shape index (κ2) is 6.90. The van der Waals surface area contributed by atoms with Gasteiger partial charge >= 0.3 is 0 Å². The van der Waals surface area contributed by atoms with E-state index in [4.69, 9.17) is 4.74 Å². The molecule has 0 aliphatic carbocycles. The normalized spacial score (nSPS) is 10.6. The highest BCUT2D eigenvalue weighted by atomic mass is 127. The van der Waals surface area contributed by atoms with Gasteiger partial charge in [0, 0.05) is 29.6 Å². The molecule has 0 radical (unpaired) electrons. The van der Waals surface area contributed by atoms with Crippen molar-refractivity contribution in [3.63, 3.8) is 0 Å². The van der Waals surface area contributed by atoms with Crippen molar-refractivity contribution in [1.82, 2.24) is 9.88 Å². The molecule has 0 N–H and O–H groups in total. The molecular weight excluding hydrogens is 331 g/mol. The maximum absolute atomic E-state index is 12.0. The number of nitrogens with zero attached hydrogens (tertiary/aromatic N) is 2. The molecule has 5 heteroatoms. The van der Waals surface area contributed by atoms with Gasteiger partial charge < -0.3 is 9.64 Å². The van der Waals surface area contributed by atoms with Crippen LogP contribution in [0.1, 0.15) is 24.2 Å². The Morgan fingerprint density at radius 2 is 2.24 bits per heavy atom. The number of rotatable bonds is 5. The summed E-state index contributed by atoms with van der Waals surface area (Å²) in [4.78, 5) is 17.7. The minimum Gasteiger partial charge on any atom is -0.377 e. The summed E-state index contributed by atoms with van der Waals surface area (Å²) in [6, 6.07) is 1.83. The van der Waals surface area contributed by atoms with Gasteiger partial charge in [-0.25, -0.2) is 0 Å². The molecule has 0 atom stereocenters. The number of hydrogen-bond acceptors (Lipinski definition) is 3. The Bertz CT molecular complexity index is 383. The van der Waals surface area contributed by atoms with Crippen LogP contribution in [0, 0.1) is 3.57 Å². The highest BCUT2D eigenvalue weighted by Crippen LogP contribution is 2.07. The molecule has 0 fully saturated rings. The SMILES string of the molecule is CC(C)OCCN(C)C(=O)c1cncc(I)c1. The van der Waals surface area contributed by atoms with Crippen LogP contribution in [-0.2, 0) is 4.74 Å². The summed E-state index contributed by atoms with van der Waals surface area (Å²) in [5.41, 5.74) is 0.615. The monoisotopic (exact) mass is 348 g/mol. The van der Waals surface area contributed by atoms with Crippen LogP contribution in [0.2, 0.25) is 0 Å². The minimum atomic E-state index is -0.0247. The first-order chi connectivity index (χ1) is 8.00. The Hall–Kier alpha value is -0.690. The highest BCUT2D eigenvalue weighted by molar-refractivity contribution is 14.1. The average molecular weight is 348 g/mol. The molecule has 0 aliphatic rings. The summed E-state index contributed by atoms with van der Waals surface area (Å²) in [5, 5.41) is 0. The average Bonchev–Trinajstić information content (AvgIpc) is 2.27. The maximum Gasteiger partial charge on any atom is 0.255 e. The molecule has 0 saturated heterocycles. The zero-order chi connectivity index (χ0) is 12.8. The van der Waals surface area contributed by atoms with E-state index in [1.165, 1.54) is 0 Å². The Labute approximate surface area is 116 Å². The quantitative estimate of drug-likeness (QED) is 0.766. The Morgan fingerprint density at radius 1 is 1.53 bits per heavy atom. The molecule has 94 valence electrons. The third kappa shape index (κ3) is 4.99. The molecule has 17 heavy (non-hydrogen) atoms. The van der Waals surface area contributed by atoms with Crippen molar-refractivity contribution in [2.45, 2.75) is 20.0 Å². The van der Waals surface area contributed by atoms with E-state index in [0.717, 1.165) is 3.57 Å². The van der Waals surface area contributed by atoms with Crippen molar-refractivity contribution in [3.8, 4) is 0 Å². The van der Waals surface area contributed by atoms with Gasteiger partial charge in [0.1, 0.15) is 0 Å². The fourth-order valence-electron chi connectivity index (χ4n) is 1.28. The van der Waals surface area contributed by atoms with Crippen LogP contribution >= 0.6 is 22.6 Å².